The quantitative estimate of drug-likeness (QED) is 0.874. The van der Waals surface area contributed by atoms with Crippen LogP contribution in [0.1, 0.15) is 49.9 Å². The van der Waals surface area contributed by atoms with Gasteiger partial charge in [0.15, 0.2) is 0 Å². The maximum atomic E-state index is 12.5. The van der Waals surface area contributed by atoms with Crippen molar-refractivity contribution in [2.24, 2.45) is 11.7 Å². The number of amides is 3. The standard InChI is InChI=1S/C16H25N3O2S/c1-11-5-7-12(8-6-11)19(2)15(20)10-13(18-16(17)21)14-4-3-9-22-14/h3-4,9,11-13H,5-8,10H2,1-2H3,(H3,17,18,21). The Kier molecular flexibility index (Phi) is 5.83. The molecule has 3 N–H and O–H groups in total. The molecule has 1 aromatic heterocycles. The average Bonchev–Trinajstić information content (AvgIpc) is 3.00. The Balaban J connectivity index is 1.96. The topological polar surface area (TPSA) is 75.4 Å². The zero-order chi connectivity index (χ0) is 16.1. The summed E-state index contributed by atoms with van der Waals surface area (Å²) in [4.78, 5) is 26.5. The van der Waals surface area contributed by atoms with Crippen molar-refractivity contribution in [3.8, 4) is 0 Å². The first-order valence-corrected chi connectivity index (χ1v) is 8.70. The predicted octanol–water partition coefficient (Wildman–Crippen LogP) is 2.88. The largest absolute Gasteiger partial charge is 0.352 e. The van der Waals surface area contributed by atoms with Crippen LogP contribution >= 0.6 is 11.3 Å². The number of hydrogen-bond donors (Lipinski definition) is 2. The predicted molar refractivity (Wildman–Crippen MR) is 88.6 cm³/mol. The van der Waals surface area contributed by atoms with Gasteiger partial charge in [0.05, 0.1) is 12.5 Å². The SMILES string of the molecule is CC1CCC(N(C)C(=O)CC(NC(N)=O)c2cccs2)CC1. The highest BCUT2D eigenvalue weighted by Crippen LogP contribution is 2.28. The molecule has 0 spiro atoms. The number of thiophene rings is 1. The van der Waals surface area contributed by atoms with E-state index in [9.17, 15) is 9.59 Å². The summed E-state index contributed by atoms with van der Waals surface area (Å²) in [5.74, 6) is 0.821. The Hall–Kier alpha value is -1.56. The van der Waals surface area contributed by atoms with E-state index in [0.717, 1.165) is 23.6 Å². The highest BCUT2D eigenvalue weighted by atomic mass is 32.1. The van der Waals surface area contributed by atoms with E-state index < -0.39 is 6.03 Å². The van der Waals surface area contributed by atoms with Gasteiger partial charge >= 0.3 is 6.03 Å². The average molecular weight is 323 g/mol. The van der Waals surface area contributed by atoms with Gasteiger partial charge in [-0.3, -0.25) is 4.79 Å². The van der Waals surface area contributed by atoms with E-state index in [1.165, 1.54) is 24.2 Å². The third kappa shape index (κ3) is 4.47. The van der Waals surface area contributed by atoms with Crippen LogP contribution in [0.5, 0.6) is 0 Å². The molecule has 1 unspecified atom stereocenters. The minimum atomic E-state index is -0.597. The molecule has 1 aliphatic rings. The number of nitrogens with two attached hydrogens (primary N) is 1. The van der Waals surface area contributed by atoms with E-state index in [2.05, 4.69) is 12.2 Å². The smallest absolute Gasteiger partial charge is 0.312 e. The van der Waals surface area contributed by atoms with E-state index in [-0.39, 0.29) is 18.4 Å². The molecule has 0 saturated heterocycles. The molecule has 122 valence electrons. The fourth-order valence-corrected chi connectivity index (χ4v) is 3.81. The van der Waals surface area contributed by atoms with Gasteiger partial charge in [-0.25, -0.2) is 4.79 Å². The molecule has 1 aromatic rings. The molecule has 1 heterocycles. The second-order valence-electron chi connectivity index (χ2n) is 6.20. The molecule has 0 radical (unpaired) electrons. The molecule has 0 bridgehead atoms. The van der Waals surface area contributed by atoms with Gasteiger partial charge in [-0.1, -0.05) is 13.0 Å². The van der Waals surface area contributed by atoms with Crippen molar-refractivity contribution in [3.05, 3.63) is 22.4 Å². The number of nitrogens with one attached hydrogen (secondary N) is 1. The lowest BCUT2D eigenvalue weighted by Crippen LogP contribution is -2.42. The molecule has 1 atom stereocenters. The maximum Gasteiger partial charge on any atom is 0.312 e. The van der Waals surface area contributed by atoms with E-state index in [0.29, 0.717) is 6.04 Å². The summed E-state index contributed by atoms with van der Waals surface area (Å²) in [5, 5.41) is 4.61. The summed E-state index contributed by atoms with van der Waals surface area (Å²) in [6.45, 7) is 2.27. The van der Waals surface area contributed by atoms with Crippen LogP contribution in [0.15, 0.2) is 17.5 Å². The number of rotatable bonds is 5. The lowest BCUT2D eigenvalue weighted by molar-refractivity contribution is -0.133. The summed E-state index contributed by atoms with van der Waals surface area (Å²) in [6.07, 6.45) is 4.74. The second-order valence-corrected chi connectivity index (χ2v) is 7.18. The minimum Gasteiger partial charge on any atom is -0.352 e. The van der Waals surface area contributed by atoms with Gasteiger partial charge in [0.25, 0.3) is 0 Å². The molecule has 1 fully saturated rings. The lowest BCUT2D eigenvalue weighted by atomic mass is 9.86. The zero-order valence-corrected chi connectivity index (χ0v) is 14.1. The molecule has 6 heteroatoms. The molecule has 22 heavy (non-hydrogen) atoms. The van der Waals surface area contributed by atoms with Gasteiger partial charge in [-0.15, -0.1) is 11.3 Å². The van der Waals surface area contributed by atoms with Crippen LogP contribution in [0.2, 0.25) is 0 Å². The van der Waals surface area contributed by atoms with Crippen LogP contribution in [-0.2, 0) is 4.79 Å². The van der Waals surface area contributed by atoms with Crippen molar-refractivity contribution < 1.29 is 9.59 Å². The number of nitrogens with zero attached hydrogens (tertiary/aromatic N) is 1. The van der Waals surface area contributed by atoms with Crippen molar-refractivity contribution in [3.63, 3.8) is 0 Å². The summed E-state index contributed by atoms with van der Waals surface area (Å²) < 4.78 is 0. The molecule has 0 aliphatic heterocycles. The Morgan fingerprint density at radius 1 is 1.41 bits per heavy atom. The lowest BCUT2D eigenvalue weighted by Gasteiger charge is -2.34. The van der Waals surface area contributed by atoms with Crippen molar-refractivity contribution in [1.82, 2.24) is 10.2 Å². The van der Waals surface area contributed by atoms with Crippen molar-refractivity contribution >= 4 is 23.3 Å². The van der Waals surface area contributed by atoms with Crippen molar-refractivity contribution in [1.29, 1.82) is 0 Å². The monoisotopic (exact) mass is 323 g/mol. The fraction of sp³-hybridized carbons (Fsp3) is 0.625. The Morgan fingerprint density at radius 2 is 2.09 bits per heavy atom. The van der Waals surface area contributed by atoms with Gasteiger partial charge in [0.2, 0.25) is 5.91 Å². The van der Waals surface area contributed by atoms with Crippen LogP contribution in [0, 0.1) is 5.92 Å². The summed E-state index contributed by atoms with van der Waals surface area (Å²) in [7, 11) is 1.87. The number of carbonyl (C=O) groups excluding carboxylic acids is 2. The maximum absolute atomic E-state index is 12.5. The molecule has 0 aromatic carbocycles. The molecular formula is C16H25N3O2S. The first-order valence-electron chi connectivity index (χ1n) is 7.82. The molecule has 3 amide bonds. The first kappa shape index (κ1) is 16.8. The molecule has 2 rings (SSSR count). The van der Waals surface area contributed by atoms with Gasteiger partial charge < -0.3 is 16.0 Å². The Bertz CT molecular complexity index is 495. The van der Waals surface area contributed by atoms with Gasteiger partial charge in [0, 0.05) is 18.0 Å². The number of hydrogen-bond acceptors (Lipinski definition) is 3. The molecule has 1 saturated carbocycles. The number of carbonyl (C=O) groups is 2. The van der Waals surface area contributed by atoms with Crippen LogP contribution in [-0.4, -0.2) is 29.9 Å². The van der Waals surface area contributed by atoms with E-state index in [4.69, 9.17) is 5.73 Å². The van der Waals surface area contributed by atoms with Gasteiger partial charge in [0.1, 0.15) is 0 Å². The van der Waals surface area contributed by atoms with Gasteiger partial charge in [-0.05, 0) is 43.0 Å². The Morgan fingerprint density at radius 3 is 2.64 bits per heavy atom. The molecular weight excluding hydrogens is 298 g/mol. The summed E-state index contributed by atoms with van der Waals surface area (Å²) in [5.41, 5.74) is 5.24. The summed E-state index contributed by atoms with van der Waals surface area (Å²) >= 11 is 1.52. The van der Waals surface area contributed by atoms with Gasteiger partial charge in [-0.2, -0.15) is 0 Å². The molecule has 1 aliphatic carbocycles. The highest BCUT2D eigenvalue weighted by molar-refractivity contribution is 7.10. The number of primary amides is 1. The number of urea groups is 1. The van der Waals surface area contributed by atoms with E-state index >= 15 is 0 Å². The Labute approximate surface area is 135 Å². The fourth-order valence-electron chi connectivity index (χ4n) is 3.04. The van der Waals surface area contributed by atoms with E-state index in [1.54, 1.807) is 0 Å². The summed E-state index contributed by atoms with van der Waals surface area (Å²) in [6, 6.07) is 3.21. The highest BCUT2D eigenvalue weighted by Gasteiger charge is 2.27. The van der Waals surface area contributed by atoms with Crippen LogP contribution in [0.3, 0.4) is 0 Å². The second kappa shape index (κ2) is 7.63. The molecule has 5 nitrogen and oxygen atoms in total. The normalized spacial score (nSPS) is 22.8. The van der Waals surface area contributed by atoms with Crippen molar-refractivity contribution in [2.75, 3.05) is 7.05 Å². The zero-order valence-electron chi connectivity index (χ0n) is 13.2. The van der Waals surface area contributed by atoms with Crippen molar-refractivity contribution in [2.45, 2.75) is 51.1 Å². The van der Waals surface area contributed by atoms with Crippen LogP contribution in [0.25, 0.3) is 0 Å². The van der Waals surface area contributed by atoms with E-state index in [1.807, 2.05) is 29.5 Å². The third-order valence-electron chi connectivity index (χ3n) is 4.51. The van der Waals surface area contributed by atoms with Crippen LogP contribution < -0.4 is 11.1 Å². The minimum absolute atomic E-state index is 0.0618. The first-order chi connectivity index (χ1) is 10.5. The van der Waals surface area contributed by atoms with Crippen LogP contribution in [0.4, 0.5) is 4.79 Å². The third-order valence-corrected chi connectivity index (χ3v) is 5.49.